The van der Waals surface area contributed by atoms with Gasteiger partial charge in [0.2, 0.25) is 10.0 Å². The van der Waals surface area contributed by atoms with E-state index in [-0.39, 0.29) is 5.75 Å². The summed E-state index contributed by atoms with van der Waals surface area (Å²) in [6.07, 6.45) is 1.25. The zero-order valence-electron chi connectivity index (χ0n) is 11.5. The third kappa shape index (κ3) is 4.58. The lowest BCUT2D eigenvalue weighted by Crippen LogP contribution is -2.17. The van der Waals surface area contributed by atoms with Gasteiger partial charge in [-0.1, -0.05) is 6.07 Å². The largest absolute Gasteiger partial charge is 0.496 e. The molecule has 0 bridgehead atoms. The molecule has 0 aliphatic carbocycles. The number of anilines is 1. The zero-order valence-corrected chi connectivity index (χ0v) is 13.1. The molecule has 0 aliphatic heterocycles. The van der Waals surface area contributed by atoms with Crippen molar-refractivity contribution in [2.45, 2.75) is 26.7 Å². The van der Waals surface area contributed by atoms with E-state index in [0.29, 0.717) is 30.2 Å². The normalized spacial score (nSPS) is 11.4. The first-order chi connectivity index (χ1) is 8.91. The fraction of sp³-hybridized carbons (Fsp3) is 0.538. The van der Waals surface area contributed by atoms with Gasteiger partial charge in [0.15, 0.2) is 0 Å². The molecule has 1 rings (SSSR count). The lowest BCUT2D eigenvalue weighted by atomic mass is 10.1. The third-order valence-electron chi connectivity index (χ3n) is 2.87. The summed E-state index contributed by atoms with van der Waals surface area (Å²) >= 11 is 5.54. The van der Waals surface area contributed by atoms with Gasteiger partial charge < -0.3 is 4.74 Å². The maximum atomic E-state index is 11.9. The van der Waals surface area contributed by atoms with E-state index in [1.54, 1.807) is 13.2 Å². The van der Waals surface area contributed by atoms with Crippen LogP contribution in [-0.2, 0) is 10.0 Å². The minimum Gasteiger partial charge on any atom is -0.496 e. The first-order valence-electron chi connectivity index (χ1n) is 6.12. The van der Waals surface area contributed by atoms with Gasteiger partial charge in [-0.2, -0.15) is 0 Å². The van der Waals surface area contributed by atoms with E-state index in [1.807, 2.05) is 19.9 Å². The van der Waals surface area contributed by atoms with Crippen molar-refractivity contribution in [1.82, 2.24) is 0 Å². The number of unbranched alkanes of at least 4 members (excludes halogenated alkanes) is 1. The average Bonchev–Trinajstić information content (AvgIpc) is 2.34. The highest BCUT2D eigenvalue weighted by molar-refractivity contribution is 7.92. The van der Waals surface area contributed by atoms with Gasteiger partial charge in [0.25, 0.3) is 0 Å². The molecule has 6 heteroatoms. The number of alkyl halides is 1. The van der Waals surface area contributed by atoms with Crippen molar-refractivity contribution in [2.75, 3.05) is 23.5 Å². The SMILES string of the molecule is COc1c(C)ccc(NS(=O)(=O)CCCCCl)c1C. The Morgan fingerprint density at radius 1 is 1.26 bits per heavy atom. The fourth-order valence-electron chi connectivity index (χ4n) is 1.86. The smallest absolute Gasteiger partial charge is 0.232 e. The molecule has 0 fully saturated rings. The summed E-state index contributed by atoms with van der Waals surface area (Å²) in [5.41, 5.74) is 2.34. The summed E-state index contributed by atoms with van der Waals surface area (Å²) < 4.78 is 31.7. The molecule has 0 unspecified atom stereocenters. The second-order valence-corrected chi connectivity index (χ2v) is 6.63. The number of hydrogen-bond acceptors (Lipinski definition) is 3. The predicted octanol–water partition coefficient (Wildman–Crippen LogP) is 3.07. The van der Waals surface area contributed by atoms with Crippen molar-refractivity contribution < 1.29 is 13.2 Å². The molecule has 108 valence electrons. The van der Waals surface area contributed by atoms with E-state index in [9.17, 15) is 8.42 Å². The quantitative estimate of drug-likeness (QED) is 0.622. The Bertz CT molecular complexity index is 529. The Balaban J connectivity index is 2.88. The van der Waals surface area contributed by atoms with Crippen molar-refractivity contribution in [1.29, 1.82) is 0 Å². The van der Waals surface area contributed by atoms with Crippen molar-refractivity contribution in [3.05, 3.63) is 23.3 Å². The standard InChI is InChI=1S/C13H20ClNO3S/c1-10-6-7-12(11(2)13(10)18-3)15-19(16,17)9-5-4-8-14/h6-7,15H,4-5,8-9H2,1-3H3. The molecule has 1 aromatic carbocycles. The number of rotatable bonds is 7. The molecule has 0 saturated carbocycles. The van der Waals surface area contributed by atoms with Gasteiger partial charge in [0.05, 0.1) is 18.6 Å². The summed E-state index contributed by atoms with van der Waals surface area (Å²) in [6, 6.07) is 3.59. The number of benzene rings is 1. The number of halogens is 1. The van der Waals surface area contributed by atoms with E-state index in [4.69, 9.17) is 16.3 Å². The number of aryl methyl sites for hydroxylation is 1. The Hall–Kier alpha value is -0.940. The van der Waals surface area contributed by atoms with Crippen LogP contribution in [0.4, 0.5) is 5.69 Å². The first-order valence-corrected chi connectivity index (χ1v) is 8.30. The van der Waals surface area contributed by atoms with Crippen LogP contribution in [0, 0.1) is 13.8 Å². The van der Waals surface area contributed by atoms with Crippen molar-refractivity contribution >= 4 is 27.3 Å². The van der Waals surface area contributed by atoms with Crippen LogP contribution >= 0.6 is 11.6 Å². The Kier molecular flexibility index (Phi) is 5.94. The van der Waals surface area contributed by atoms with Crippen molar-refractivity contribution in [2.24, 2.45) is 0 Å². The second kappa shape index (κ2) is 7.01. The summed E-state index contributed by atoms with van der Waals surface area (Å²) in [4.78, 5) is 0. The number of nitrogens with one attached hydrogen (secondary N) is 1. The molecule has 0 heterocycles. The Labute approximate surface area is 120 Å². The number of ether oxygens (including phenoxy) is 1. The summed E-state index contributed by atoms with van der Waals surface area (Å²) in [7, 11) is -1.75. The van der Waals surface area contributed by atoms with Crippen LogP contribution in [0.2, 0.25) is 0 Å². The van der Waals surface area contributed by atoms with Gasteiger partial charge >= 0.3 is 0 Å². The van der Waals surface area contributed by atoms with Crippen LogP contribution in [0.3, 0.4) is 0 Å². The number of methoxy groups -OCH3 is 1. The highest BCUT2D eigenvalue weighted by Crippen LogP contribution is 2.29. The van der Waals surface area contributed by atoms with Crippen LogP contribution < -0.4 is 9.46 Å². The van der Waals surface area contributed by atoms with E-state index in [0.717, 1.165) is 11.1 Å². The van der Waals surface area contributed by atoms with Gasteiger partial charge in [-0.25, -0.2) is 8.42 Å². The molecule has 0 atom stereocenters. The molecular formula is C13H20ClNO3S. The van der Waals surface area contributed by atoms with Gasteiger partial charge in [-0.15, -0.1) is 11.6 Å². The molecule has 0 spiro atoms. The van der Waals surface area contributed by atoms with Gasteiger partial charge in [-0.3, -0.25) is 4.72 Å². The minimum atomic E-state index is -3.33. The maximum Gasteiger partial charge on any atom is 0.232 e. The molecule has 0 aliphatic rings. The molecule has 0 aromatic heterocycles. The molecule has 1 aromatic rings. The fourth-order valence-corrected chi connectivity index (χ4v) is 3.29. The van der Waals surface area contributed by atoms with Gasteiger partial charge in [0, 0.05) is 11.4 Å². The van der Waals surface area contributed by atoms with Gasteiger partial charge in [0.1, 0.15) is 5.75 Å². The lowest BCUT2D eigenvalue weighted by molar-refractivity contribution is 0.409. The highest BCUT2D eigenvalue weighted by Gasteiger charge is 2.14. The summed E-state index contributed by atoms with van der Waals surface area (Å²) in [5.74, 6) is 1.27. The highest BCUT2D eigenvalue weighted by atomic mass is 35.5. The molecule has 19 heavy (non-hydrogen) atoms. The predicted molar refractivity (Wildman–Crippen MR) is 79.8 cm³/mol. The molecule has 0 saturated heterocycles. The summed E-state index contributed by atoms with van der Waals surface area (Å²) in [5, 5.41) is 0. The Morgan fingerprint density at radius 3 is 2.53 bits per heavy atom. The van der Waals surface area contributed by atoms with Crippen LogP contribution in [0.1, 0.15) is 24.0 Å². The topological polar surface area (TPSA) is 55.4 Å². The monoisotopic (exact) mass is 305 g/mol. The summed E-state index contributed by atoms with van der Waals surface area (Å²) in [6.45, 7) is 3.76. The molecule has 0 amide bonds. The van der Waals surface area contributed by atoms with Crippen LogP contribution in [0.15, 0.2) is 12.1 Å². The molecule has 0 radical (unpaired) electrons. The lowest BCUT2D eigenvalue weighted by Gasteiger charge is -2.14. The van der Waals surface area contributed by atoms with Crippen LogP contribution in [0.25, 0.3) is 0 Å². The maximum absolute atomic E-state index is 11.9. The van der Waals surface area contributed by atoms with Gasteiger partial charge in [-0.05, 0) is 38.3 Å². The Morgan fingerprint density at radius 2 is 1.95 bits per heavy atom. The third-order valence-corrected chi connectivity index (χ3v) is 4.49. The number of hydrogen-bond donors (Lipinski definition) is 1. The van der Waals surface area contributed by atoms with Crippen LogP contribution in [-0.4, -0.2) is 27.2 Å². The zero-order chi connectivity index (χ0) is 14.5. The number of sulfonamides is 1. The van der Waals surface area contributed by atoms with Crippen LogP contribution in [0.5, 0.6) is 5.75 Å². The van der Waals surface area contributed by atoms with E-state index < -0.39 is 10.0 Å². The first kappa shape index (κ1) is 16.1. The van der Waals surface area contributed by atoms with Crippen molar-refractivity contribution in [3.63, 3.8) is 0 Å². The molecular weight excluding hydrogens is 286 g/mol. The molecule has 4 nitrogen and oxygen atoms in total. The second-order valence-electron chi connectivity index (χ2n) is 4.41. The van der Waals surface area contributed by atoms with Crippen molar-refractivity contribution in [3.8, 4) is 5.75 Å². The average molecular weight is 306 g/mol. The van der Waals surface area contributed by atoms with E-state index in [2.05, 4.69) is 4.72 Å². The molecule has 1 N–H and O–H groups in total. The minimum absolute atomic E-state index is 0.0787. The van der Waals surface area contributed by atoms with E-state index >= 15 is 0 Å². The van der Waals surface area contributed by atoms with E-state index in [1.165, 1.54) is 0 Å².